The molecule has 0 amide bonds. The second-order valence-electron chi connectivity index (χ2n) is 26.5. The van der Waals surface area contributed by atoms with E-state index >= 15 is 0 Å². The van der Waals surface area contributed by atoms with Crippen LogP contribution in [0.15, 0.2) is 0 Å². The van der Waals surface area contributed by atoms with Gasteiger partial charge in [0.25, 0.3) is 0 Å². The molecule has 19 heteroatoms. The third kappa shape index (κ3) is 66.5. The van der Waals surface area contributed by atoms with E-state index < -0.39 is 97.5 Å². The second-order valence-corrected chi connectivity index (χ2v) is 29.4. The van der Waals surface area contributed by atoms with Gasteiger partial charge in [-0.25, -0.2) is 9.13 Å². The van der Waals surface area contributed by atoms with Crippen molar-refractivity contribution in [2.24, 2.45) is 5.92 Å². The maximum atomic E-state index is 13.0. The summed E-state index contributed by atoms with van der Waals surface area (Å²) >= 11 is 0. The van der Waals surface area contributed by atoms with E-state index in [0.29, 0.717) is 31.6 Å². The van der Waals surface area contributed by atoms with Gasteiger partial charge in [-0.2, -0.15) is 0 Å². The van der Waals surface area contributed by atoms with E-state index in [-0.39, 0.29) is 25.7 Å². The van der Waals surface area contributed by atoms with E-state index in [1.54, 1.807) is 0 Å². The van der Waals surface area contributed by atoms with Gasteiger partial charge in [0, 0.05) is 25.7 Å². The zero-order valence-electron chi connectivity index (χ0n) is 59.0. The summed E-state index contributed by atoms with van der Waals surface area (Å²) in [5.74, 6) is -1.46. The molecular formula is C72H140O17P2. The fraction of sp³-hybridized carbons (Fsp3) is 0.944. The Labute approximate surface area is 556 Å². The van der Waals surface area contributed by atoms with Gasteiger partial charge in [0.15, 0.2) is 12.2 Å². The number of phosphoric acid groups is 2. The Morgan fingerprint density at radius 2 is 0.505 bits per heavy atom. The minimum absolute atomic E-state index is 0.102. The monoisotopic (exact) mass is 1340 g/mol. The van der Waals surface area contributed by atoms with E-state index in [0.717, 1.165) is 96.3 Å². The van der Waals surface area contributed by atoms with Crippen molar-refractivity contribution in [1.82, 2.24) is 0 Å². The van der Waals surface area contributed by atoms with Crippen molar-refractivity contribution in [1.29, 1.82) is 0 Å². The Morgan fingerprint density at radius 3 is 0.747 bits per heavy atom. The van der Waals surface area contributed by atoms with Crippen LogP contribution in [0.4, 0.5) is 0 Å². The lowest BCUT2D eigenvalue weighted by Gasteiger charge is -2.21. The highest BCUT2D eigenvalue weighted by Crippen LogP contribution is 2.45. The van der Waals surface area contributed by atoms with Crippen LogP contribution in [-0.2, 0) is 65.4 Å². The molecule has 0 aromatic carbocycles. The first-order valence-corrected chi connectivity index (χ1v) is 40.6. The van der Waals surface area contributed by atoms with Gasteiger partial charge in [-0.05, 0) is 31.6 Å². The molecule has 0 aliphatic heterocycles. The van der Waals surface area contributed by atoms with Gasteiger partial charge in [0.05, 0.1) is 26.4 Å². The number of aliphatic hydroxyl groups excluding tert-OH is 1. The Balaban J connectivity index is 5.16. The molecule has 0 aliphatic carbocycles. The highest BCUT2D eigenvalue weighted by Gasteiger charge is 2.30. The average Bonchev–Trinajstić information content (AvgIpc) is 2.90. The number of carbonyl (C=O) groups excluding carboxylic acids is 4. The van der Waals surface area contributed by atoms with Gasteiger partial charge in [-0.3, -0.25) is 37.3 Å². The molecule has 2 unspecified atom stereocenters. The molecule has 91 heavy (non-hydrogen) atoms. The molecule has 0 saturated carbocycles. The number of unbranched alkanes of at least 4 members (excludes halogenated alkanes) is 44. The number of rotatable bonds is 72. The van der Waals surface area contributed by atoms with Crippen LogP contribution in [0, 0.1) is 5.92 Å². The molecule has 0 radical (unpaired) electrons. The molecule has 0 fully saturated rings. The van der Waals surface area contributed by atoms with E-state index in [9.17, 15) is 43.2 Å². The maximum absolute atomic E-state index is 13.0. The summed E-state index contributed by atoms with van der Waals surface area (Å²) in [4.78, 5) is 72.5. The molecule has 0 bridgehead atoms. The number of carbonyl (C=O) groups is 4. The van der Waals surface area contributed by atoms with Crippen LogP contribution >= 0.6 is 15.6 Å². The van der Waals surface area contributed by atoms with E-state index in [1.807, 2.05) is 0 Å². The fourth-order valence-corrected chi connectivity index (χ4v) is 12.6. The molecule has 0 saturated heterocycles. The molecular weight excluding hydrogens is 1200 g/mol. The quantitative estimate of drug-likeness (QED) is 0.0222. The van der Waals surface area contributed by atoms with Gasteiger partial charge in [0.1, 0.15) is 19.3 Å². The van der Waals surface area contributed by atoms with Gasteiger partial charge in [-0.1, -0.05) is 324 Å². The lowest BCUT2D eigenvalue weighted by atomic mass is 10.0. The third-order valence-electron chi connectivity index (χ3n) is 16.8. The Kier molecular flexibility index (Phi) is 64.0. The Morgan fingerprint density at radius 1 is 0.297 bits per heavy atom. The molecule has 540 valence electrons. The second kappa shape index (κ2) is 65.4. The lowest BCUT2D eigenvalue weighted by Crippen LogP contribution is -2.30. The number of aliphatic hydroxyl groups is 1. The summed E-state index contributed by atoms with van der Waals surface area (Å²) < 4.78 is 68.2. The highest BCUT2D eigenvalue weighted by molar-refractivity contribution is 7.47. The molecule has 0 aromatic rings. The van der Waals surface area contributed by atoms with Crippen molar-refractivity contribution < 1.29 is 80.2 Å². The van der Waals surface area contributed by atoms with Gasteiger partial charge in [0.2, 0.25) is 0 Å². The summed E-state index contributed by atoms with van der Waals surface area (Å²) in [5.41, 5.74) is 0. The lowest BCUT2D eigenvalue weighted by molar-refractivity contribution is -0.161. The van der Waals surface area contributed by atoms with Crippen molar-refractivity contribution >= 4 is 39.5 Å². The molecule has 0 aliphatic rings. The normalized spacial score (nSPS) is 14.0. The Bertz CT molecular complexity index is 1750. The minimum Gasteiger partial charge on any atom is -0.462 e. The molecule has 0 aromatic heterocycles. The van der Waals surface area contributed by atoms with Crippen LogP contribution in [0.5, 0.6) is 0 Å². The minimum atomic E-state index is -4.95. The SMILES string of the molecule is CCCCCCCCCCCCCCCCCCCCCCC(=O)O[C@H](COC(=O)CCCCCCCCCCCCCCCC)COP(=O)(O)OC[C@@H](O)COP(=O)(O)OC[C@@H](COC(=O)CCCCCCCCCC)OC(=O)CCCCCCCCC(C)C. The van der Waals surface area contributed by atoms with Crippen molar-refractivity contribution in [2.75, 3.05) is 39.6 Å². The summed E-state index contributed by atoms with van der Waals surface area (Å²) in [6, 6.07) is 0. The summed E-state index contributed by atoms with van der Waals surface area (Å²) in [6.45, 7) is 7.14. The van der Waals surface area contributed by atoms with Crippen LogP contribution in [0.25, 0.3) is 0 Å². The number of hydrogen-bond donors (Lipinski definition) is 3. The van der Waals surface area contributed by atoms with Crippen LogP contribution in [-0.4, -0.2) is 96.7 Å². The number of ether oxygens (including phenoxy) is 4. The number of esters is 4. The maximum Gasteiger partial charge on any atom is 0.472 e. The first kappa shape index (κ1) is 89.1. The number of phosphoric ester groups is 2. The van der Waals surface area contributed by atoms with Gasteiger partial charge < -0.3 is 33.8 Å². The average molecular weight is 1340 g/mol. The van der Waals surface area contributed by atoms with E-state index in [2.05, 4.69) is 34.6 Å². The third-order valence-corrected chi connectivity index (χ3v) is 18.7. The van der Waals surface area contributed by atoms with Crippen molar-refractivity contribution in [3.63, 3.8) is 0 Å². The van der Waals surface area contributed by atoms with Crippen LogP contribution in [0.2, 0.25) is 0 Å². The molecule has 0 spiro atoms. The molecule has 17 nitrogen and oxygen atoms in total. The van der Waals surface area contributed by atoms with Gasteiger partial charge in [-0.15, -0.1) is 0 Å². The van der Waals surface area contributed by atoms with Gasteiger partial charge >= 0.3 is 39.5 Å². The highest BCUT2D eigenvalue weighted by atomic mass is 31.2. The number of hydrogen-bond acceptors (Lipinski definition) is 15. The van der Waals surface area contributed by atoms with Crippen molar-refractivity contribution in [2.45, 2.75) is 393 Å². The van der Waals surface area contributed by atoms with Crippen molar-refractivity contribution in [3.8, 4) is 0 Å². The topological polar surface area (TPSA) is 237 Å². The van der Waals surface area contributed by atoms with Crippen LogP contribution in [0.3, 0.4) is 0 Å². The van der Waals surface area contributed by atoms with Crippen LogP contribution < -0.4 is 0 Å². The van der Waals surface area contributed by atoms with Crippen molar-refractivity contribution in [3.05, 3.63) is 0 Å². The zero-order valence-corrected chi connectivity index (χ0v) is 60.8. The zero-order chi connectivity index (χ0) is 67.0. The summed E-state index contributed by atoms with van der Waals surface area (Å²) in [7, 11) is -9.90. The standard InChI is InChI=1S/C72H140O17P2/c1-6-9-12-15-18-21-23-25-27-28-29-30-31-32-34-36-38-41-47-52-57-71(76)88-67(61-83-70(75)56-51-46-40-37-35-33-26-24-22-19-16-13-10-7-2)63-86-90(78,79)84-59-66(73)60-85-91(80,81)87-64-68(62-82-69(74)55-50-45-39-20-17-14-11-8-3)89-72(77)58-53-48-43-42-44-49-54-65(4)5/h65-68,73H,6-64H2,1-5H3,(H,78,79)(H,80,81)/t66-,67-,68-/m1/s1. The predicted molar refractivity (Wildman–Crippen MR) is 368 cm³/mol. The largest absolute Gasteiger partial charge is 0.472 e. The van der Waals surface area contributed by atoms with E-state index in [1.165, 1.54) is 193 Å². The summed E-state index contributed by atoms with van der Waals surface area (Å²) in [6.07, 6.45) is 53.1. The molecule has 0 rings (SSSR count). The van der Waals surface area contributed by atoms with Crippen LogP contribution in [0.1, 0.15) is 375 Å². The molecule has 5 atom stereocenters. The molecule has 3 N–H and O–H groups in total. The molecule has 0 heterocycles. The summed E-state index contributed by atoms with van der Waals surface area (Å²) in [5, 5.41) is 10.6. The first-order chi connectivity index (χ1) is 44.0. The van der Waals surface area contributed by atoms with E-state index in [4.69, 9.17) is 37.0 Å². The first-order valence-electron chi connectivity index (χ1n) is 37.6. The smallest absolute Gasteiger partial charge is 0.462 e. The Hall–Kier alpha value is -1.94. The fourth-order valence-electron chi connectivity index (χ4n) is 11.0. The predicted octanol–water partition coefficient (Wildman–Crippen LogP) is 20.9.